The molecule has 0 spiro atoms. The predicted molar refractivity (Wildman–Crippen MR) is 210 cm³/mol. The van der Waals surface area contributed by atoms with Crippen molar-refractivity contribution in [3.8, 4) is 22.6 Å². The zero-order valence-electron chi connectivity index (χ0n) is 34.4. The van der Waals surface area contributed by atoms with E-state index >= 15 is 0 Å². The third-order valence-corrected chi connectivity index (χ3v) is 7.99. The first kappa shape index (κ1) is 46.6. The molecule has 0 saturated carbocycles. The van der Waals surface area contributed by atoms with E-state index in [9.17, 15) is 44.1 Å². The Morgan fingerprint density at radius 2 is 1.22 bits per heavy atom. The van der Waals surface area contributed by atoms with E-state index in [0.29, 0.717) is 11.1 Å². The molecule has 5 amide bonds. The lowest BCUT2D eigenvalue weighted by atomic mass is 9.95. The molecule has 4 bridgehead atoms. The minimum atomic E-state index is -1.61. The van der Waals surface area contributed by atoms with Gasteiger partial charge in [-0.05, 0) is 109 Å². The maximum absolute atomic E-state index is 14.1. The number of ether oxygens (including phenoxy) is 4. The average molecular weight is 816 g/mol. The van der Waals surface area contributed by atoms with Crippen molar-refractivity contribution in [2.45, 2.75) is 123 Å². The topological polar surface area (TPSA) is 260 Å². The van der Waals surface area contributed by atoms with E-state index < -0.39 is 90.1 Å². The van der Waals surface area contributed by atoms with E-state index in [-0.39, 0.29) is 48.6 Å². The SMILES string of the molecule is CC(C)(C)OC(=O)NCCOC(=O)[C@@H]1Cc2cc(ccc2O)-c2ccc(O)c(c2)C[C@H](NC(=O)OC(C)(C)C)C(=O)N[C@@H](C[C@H](O)CNC(=O)OC(C)(C)C)C(=O)N1. The van der Waals surface area contributed by atoms with Crippen molar-refractivity contribution >= 4 is 36.1 Å². The van der Waals surface area contributed by atoms with E-state index in [0.717, 1.165) is 0 Å². The van der Waals surface area contributed by atoms with Gasteiger partial charge in [0.2, 0.25) is 11.8 Å². The molecule has 18 heteroatoms. The Bertz CT molecular complexity index is 1810. The lowest BCUT2D eigenvalue weighted by Crippen LogP contribution is -2.58. The molecule has 1 heterocycles. The second-order valence-electron chi connectivity index (χ2n) is 16.8. The molecule has 2 aromatic carbocycles. The molecular formula is C40H57N5O13. The van der Waals surface area contributed by atoms with E-state index in [1.54, 1.807) is 86.6 Å². The van der Waals surface area contributed by atoms with Gasteiger partial charge in [0, 0.05) is 25.8 Å². The Morgan fingerprint density at radius 3 is 1.76 bits per heavy atom. The number of aromatic hydroxyl groups is 2. The number of fused-ring (bicyclic) bond motifs is 5. The number of aliphatic hydroxyl groups is 1. The molecule has 4 atom stereocenters. The first-order chi connectivity index (χ1) is 26.8. The van der Waals surface area contributed by atoms with Crippen LogP contribution in [-0.4, -0.2) is 112 Å². The first-order valence-electron chi connectivity index (χ1n) is 18.8. The van der Waals surface area contributed by atoms with Crippen LogP contribution in [0.1, 0.15) is 79.9 Å². The summed E-state index contributed by atoms with van der Waals surface area (Å²) in [6.45, 7) is 13.9. The van der Waals surface area contributed by atoms with Gasteiger partial charge in [-0.3, -0.25) is 9.59 Å². The van der Waals surface area contributed by atoms with Crippen LogP contribution in [0, 0.1) is 0 Å². The second kappa shape index (κ2) is 19.6. The highest BCUT2D eigenvalue weighted by Crippen LogP contribution is 2.31. The number of hydrogen-bond acceptors (Lipinski definition) is 13. The summed E-state index contributed by atoms with van der Waals surface area (Å²) in [4.78, 5) is 79.2. The molecule has 3 rings (SSSR count). The number of rotatable bonds is 9. The first-order valence-corrected chi connectivity index (χ1v) is 18.8. The lowest BCUT2D eigenvalue weighted by molar-refractivity contribution is -0.148. The van der Waals surface area contributed by atoms with Crippen LogP contribution in [0.15, 0.2) is 36.4 Å². The summed E-state index contributed by atoms with van der Waals surface area (Å²) in [6.07, 6.45) is -5.17. The Hall–Kier alpha value is -5.78. The average Bonchev–Trinajstić information content (AvgIpc) is 3.07. The van der Waals surface area contributed by atoms with Crippen molar-refractivity contribution < 1.29 is 63.0 Å². The maximum atomic E-state index is 14.1. The van der Waals surface area contributed by atoms with Gasteiger partial charge in [0.25, 0.3) is 0 Å². The molecular weight excluding hydrogens is 758 g/mol. The van der Waals surface area contributed by atoms with Gasteiger partial charge >= 0.3 is 24.2 Å². The predicted octanol–water partition coefficient (Wildman–Crippen LogP) is 3.07. The number of nitrogens with one attached hydrogen (secondary N) is 5. The molecule has 1 aliphatic heterocycles. The van der Waals surface area contributed by atoms with Crippen LogP contribution in [0.5, 0.6) is 11.5 Å². The van der Waals surface area contributed by atoms with Crippen molar-refractivity contribution in [1.29, 1.82) is 0 Å². The summed E-state index contributed by atoms with van der Waals surface area (Å²) in [5.41, 5.74) is -1.07. The number of phenols is 2. The molecule has 8 N–H and O–H groups in total. The van der Waals surface area contributed by atoms with Crippen molar-refractivity contribution in [3.05, 3.63) is 47.5 Å². The van der Waals surface area contributed by atoms with E-state index in [1.165, 1.54) is 12.1 Å². The van der Waals surface area contributed by atoms with Crippen LogP contribution in [0.4, 0.5) is 14.4 Å². The smallest absolute Gasteiger partial charge is 0.408 e. The van der Waals surface area contributed by atoms with Gasteiger partial charge in [0.05, 0.1) is 12.6 Å². The summed E-state index contributed by atoms with van der Waals surface area (Å²) in [7, 11) is 0. The Morgan fingerprint density at radius 1 is 0.724 bits per heavy atom. The van der Waals surface area contributed by atoms with Crippen LogP contribution in [0.2, 0.25) is 0 Å². The number of aliphatic hydroxyl groups excluding tert-OH is 1. The van der Waals surface area contributed by atoms with Gasteiger partial charge in [-0.1, -0.05) is 12.1 Å². The second-order valence-corrected chi connectivity index (χ2v) is 16.8. The highest BCUT2D eigenvalue weighted by Gasteiger charge is 2.34. The van der Waals surface area contributed by atoms with Crippen molar-refractivity contribution in [2.24, 2.45) is 0 Å². The molecule has 0 unspecified atom stereocenters. The fourth-order valence-corrected chi connectivity index (χ4v) is 5.52. The normalized spacial score (nSPS) is 18.1. The van der Waals surface area contributed by atoms with Crippen molar-refractivity contribution in [1.82, 2.24) is 26.6 Å². The zero-order chi connectivity index (χ0) is 43.6. The standard InChI is InChI=1S/C40H57N5O13/c1-38(2,3)56-35(52)41-14-15-55-34(51)29-19-25-17-23(11-13-31(25)48)22-10-12-30(47)24(16-22)18-27(45-37(54)58-40(7,8)9)32(49)43-28(33(50)44-29)20-26(46)21-42-36(53)57-39(4,5)6/h10-13,16-17,26-29,46-48H,14-15,18-21H2,1-9H3,(H,41,52)(H,42,53)(H,43,49)(H,44,50)(H,45,54)/t26-,27-,28-,29-/m0/s1. The third kappa shape index (κ3) is 16.0. The zero-order valence-corrected chi connectivity index (χ0v) is 34.4. The summed E-state index contributed by atoms with van der Waals surface area (Å²) in [5.74, 6) is -3.31. The summed E-state index contributed by atoms with van der Waals surface area (Å²) >= 11 is 0. The van der Waals surface area contributed by atoms with Crippen LogP contribution < -0.4 is 26.6 Å². The Kier molecular flexibility index (Phi) is 15.7. The highest BCUT2D eigenvalue weighted by atomic mass is 16.6. The third-order valence-electron chi connectivity index (χ3n) is 7.99. The monoisotopic (exact) mass is 815 g/mol. The van der Waals surface area contributed by atoms with Crippen LogP contribution >= 0.6 is 0 Å². The fraction of sp³-hybridized carbons (Fsp3) is 0.550. The van der Waals surface area contributed by atoms with Gasteiger partial charge in [0.1, 0.15) is 53.0 Å². The minimum absolute atomic E-state index is 0.146. The van der Waals surface area contributed by atoms with Gasteiger partial charge in [-0.15, -0.1) is 0 Å². The molecule has 0 fully saturated rings. The van der Waals surface area contributed by atoms with E-state index in [2.05, 4.69) is 26.6 Å². The number of alkyl carbamates (subject to hydrolysis) is 3. The molecule has 1 aliphatic rings. The Balaban J connectivity index is 2.05. The molecule has 0 aliphatic carbocycles. The van der Waals surface area contributed by atoms with Gasteiger partial charge in [-0.25, -0.2) is 19.2 Å². The fourth-order valence-electron chi connectivity index (χ4n) is 5.52. The number of carbonyl (C=O) groups is 6. The van der Waals surface area contributed by atoms with Crippen LogP contribution in [0.25, 0.3) is 11.1 Å². The van der Waals surface area contributed by atoms with Gasteiger partial charge in [-0.2, -0.15) is 0 Å². The number of amides is 5. The summed E-state index contributed by atoms with van der Waals surface area (Å²) in [6, 6.07) is 4.56. The van der Waals surface area contributed by atoms with Gasteiger partial charge in [0.15, 0.2) is 0 Å². The van der Waals surface area contributed by atoms with Crippen molar-refractivity contribution in [3.63, 3.8) is 0 Å². The molecule has 2 aromatic rings. The minimum Gasteiger partial charge on any atom is -0.508 e. The number of phenolic OH excluding ortho intramolecular Hbond substituents is 2. The van der Waals surface area contributed by atoms with Crippen molar-refractivity contribution in [2.75, 3.05) is 19.7 Å². The van der Waals surface area contributed by atoms with Gasteiger partial charge < -0.3 is 60.9 Å². The number of carbonyl (C=O) groups excluding carboxylic acids is 6. The van der Waals surface area contributed by atoms with E-state index in [1.807, 2.05) is 0 Å². The van der Waals surface area contributed by atoms with Crippen LogP contribution in [0.3, 0.4) is 0 Å². The van der Waals surface area contributed by atoms with E-state index in [4.69, 9.17) is 18.9 Å². The molecule has 0 aromatic heterocycles. The Labute approximate surface area is 337 Å². The summed E-state index contributed by atoms with van der Waals surface area (Å²) in [5, 5.41) is 45.2. The number of esters is 1. The molecule has 0 saturated heterocycles. The lowest BCUT2D eigenvalue weighted by Gasteiger charge is -2.27. The largest absolute Gasteiger partial charge is 0.508 e. The molecule has 0 radical (unpaired) electrons. The summed E-state index contributed by atoms with van der Waals surface area (Å²) < 4.78 is 21.2. The molecule has 320 valence electrons. The molecule has 18 nitrogen and oxygen atoms in total. The molecule has 58 heavy (non-hydrogen) atoms. The quantitative estimate of drug-likeness (QED) is 0.103. The maximum Gasteiger partial charge on any atom is 0.408 e. The number of hydrogen-bond donors (Lipinski definition) is 8. The highest BCUT2D eigenvalue weighted by molar-refractivity contribution is 5.93. The number of benzene rings is 2. The van der Waals surface area contributed by atoms with Crippen LogP contribution in [-0.2, 0) is 46.2 Å².